The smallest absolute Gasteiger partial charge is 0.272 e. The largest absolute Gasteiger partial charge is 0.327 e. The Balaban J connectivity index is 2.17. The molecule has 0 radical (unpaired) electrons. The molecule has 1 saturated carbocycles. The van der Waals surface area contributed by atoms with Gasteiger partial charge in [-0.05, 0) is 45.6 Å². The molecule has 1 aromatic heterocycles. The summed E-state index contributed by atoms with van der Waals surface area (Å²) >= 11 is 0. The Kier molecular flexibility index (Phi) is 2.59. The van der Waals surface area contributed by atoms with Crippen LogP contribution in [0.25, 0.3) is 0 Å². The van der Waals surface area contributed by atoms with E-state index in [-0.39, 0.29) is 29.7 Å². The van der Waals surface area contributed by atoms with Crippen LogP contribution in [-0.2, 0) is 5.66 Å². The van der Waals surface area contributed by atoms with Crippen LogP contribution in [0.4, 0.5) is 8.78 Å². The number of carbonyl (C=O) groups excluding carboxylic acids is 1. The molecular formula is C14H16F2N2O2. The van der Waals surface area contributed by atoms with Crippen molar-refractivity contribution < 1.29 is 13.6 Å². The maximum absolute atomic E-state index is 14.0. The van der Waals surface area contributed by atoms with E-state index in [1.807, 2.05) is 0 Å². The van der Waals surface area contributed by atoms with Crippen LogP contribution in [0.15, 0.2) is 10.9 Å². The molecule has 20 heavy (non-hydrogen) atoms. The fourth-order valence-corrected chi connectivity index (χ4v) is 3.18. The van der Waals surface area contributed by atoms with E-state index in [1.54, 1.807) is 0 Å². The number of carbonyl (C=O) groups is 1. The van der Waals surface area contributed by atoms with Gasteiger partial charge in [-0.1, -0.05) is 0 Å². The van der Waals surface area contributed by atoms with E-state index in [1.165, 1.54) is 18.4 Å². The molecule has 1 aliphatic heterocycles. The van der Waals surface area contributed by atoms with Crippen LogP contribution in [0.1, 0.15) is 48.7 Å². The van der Waals surface area contributed by atoms with Crippen molar-refractivity contribution in [1.82, 2.24) is 9.88 Å². The number of halogens is 2. The number of aryl methyl sites for hydroxylation is 1. The Bertz CT molecular complexity index is 654. The average Bonchev–Trinajstić information content (AvgIpc) is 2.65. The normalized spacial score (nSPS) is 32.3. The predicted octanol–water partition coefficient (Wildman–Crippen LogP) is 1.99. The van der Waals surface area contributed by atoms with Gasteiger partial charge in [-0.15, -0.1) is 0 Å². The maximum atomic E-state index is 14.0. The van der Waals surface area contributed by atoms with Crippen molar-refractivity contribution in [3.8, 4) is 0 Å². The number of hydrogen-bond acceptors (Lipinski definition) is 2. The lowest BCUT2D eigenvalue weighted by Gasteiger charge is -2.40. The first-order valence-corrected chi connectivity index (χ1v) is 6.70. The van der Waals surface area contributed by atoms with Gasteiger partial charge in [-0.25, -0.2) is 8.78 Å². The number of aromatic nitrogens is 1. The van der Waals surface area contributed by atoms with Gasteiger partial charge in [0.25, 0.3) is 11.5 Å². The second-order valence-corrected chi connectivity index (χ2v) is 6.06. The van der Waals surface area contributed by atoms with Gasteiger partial charge in [-0.3, -0.25) is 14.2 Å². The van der Waals surface area contributed by atoms with Crippen LogP contribution >= 0.6 is 0 Å². The molecule has 1 aromatic rings. The fourth-order valence-electron chi connectivity index (χ4n) is 3.18. The summed E-state index contributed by atoms with van der Waals surface area (Å²) in [6, 6.07) is 1.08. The summed E-state index contributed by atoms with van der Waals surface area (Å²) in [5.41, 5.74) is -2.65. The third-order valence-electron chi connectivity index (χ3n) is 4.44. The summed E-state index contributed by atoms with van der Waals surface area (Å²) in [4.78, 5) is 24.3. The minimum atomic E-state index is -1.30. The number of nitrogens with one attached hydrogen (secondary N) is 1. The number of fused-ring (bicyclic) bond motifs is 2. The summed E-state index contributed by atoms with van der Waals surface area (Å²) < 4.78 is 29.1. The van der Waals surface area contributed by atoms with Gasteiger partial charge in [0.2, 0.25) is 0 Å². The molecule has 0 saturated heterocycles. The van der Waals surface area contributed by atoms with Crippen LogP contribution in [0, 0.1) is 12.7 Å². The van der Waals surface area contributed by atoms with Crippen molar-refractivity contribution in [3.63, 3.8) is 0 Å². The molecule has 1 fully saturated rings. The van der Waals surface area contributed by atoms with Gasteiger partial charge in [0, 0.05) is 5.56 Å². The second kappa shape index (κ2) is 3.90. The second-order valence-electron chi connectivity index (χ2n) is 6.06. The molecule has 0 atom stereocenters. The minimum Gasteiger partial charge on any atom is -0.327 e. The third-order valence-corrected chi connectivity index (χ3v) is 4.44. The Labute approximate surface area is 114 Å². The topological polar surface area (TPSA) is 51.1 Å². The van der Waals surface area contributed by atoms with Crippen LogP contribution in [0.5, 0.6) is 0 Å². The highest BCUT2D eigenvalue weighted by Crippen LogP contribution is 2.42. The van der Waals surface area contributed by atoms with Gasteiger partial charge in [-0.2, -0.15) is 0 Å². The van der Waals surface area contributed by atoms with Crippen LogP contribution in [0.3, 0.4) is 0 Å². The van der Waals surface area contributed by atoms with Crippen molar-refractivity contribution in [2.75, 3.05) is 0 Å². The number of amides is 1. The zero-order chi connectivity index (χ0) is 14.7. The van der Waals surface area contributed by atoms with E-state index in [0.29, 0.717) is 12.8 Å². The monoisotopic (exact) mass is 282 g/mol. The third kappa shape index (κ3) is 1.70. The molecule has 0 unspecified atom stereocenters. The summed E-state index contributed by atoms with van der Waals surface area (Å²) in [5, 5.41) is 2.70. The first-order valence-electron chi connectivity index (χ1n) is 6.70. The van der Waals surface area contributed by atoms with E-state index in [4.69, 9.17) is 0 Å². The van der Waals surface area contributed by atoms with Gasteiger partial charge >= 0.3 is 0 Å². The minimum absolute atomic E-state index is 0.231. The molecule has 3 rings (SSSR count). The molecule has 2 aliphatic rings. The zero-order valence-corrected chi connectivity index (χ0v) is 11.4. The molecular weight excluding hydrogens is 266 g/mol. The summed E-state index contributed by atoms with van der Waals surface area (Å²) in [7, 11) is 0. The molecule has 0 bridgehead atoms. The van der Waals surface area contributed by atoms with Gasteiger partial charge < -0.3 is 5.32 Å². The zero-order valence-electron chi connectivity index (χ0n) is 11.4. The summed E-state index contributed by atoms with van der Waals surface area (Å²) in [6.07, 6.45) is 1.05. The van der Waals surface area contributed by atoms with Gasteiger partial charge in [0.15, 0.2) is 5.82 Å². The van der Waals surface area contributed by atoms with E-state index in [9.17, 15) is 18.4 Å². The van der Waals surface area contributed by atoms with E-state index < -0.39 is 23.1 Å². The van der Waals surface area contributed by atoms with Crippen molar-refractivity contribution in [2.24, 2.45) is 0 Å². The molecule has 6 heteroatoms. The lowest BCUT2D eigenvalue weighted by atomic mass is 9.80. The molecule has 0 aromatic carbocycles. The molecule has 108 valence electrons. The highest BCUT2D eigenvalue weighted by Gasteiger charge is 2.49. The van der Waals surface area contributed by atoms with Crippen LogP contribution in [-0.4, -0.2) is 16.1 Å². The Morgan fingerprint density at radius 1 is 1.25 bits per heavy atom. The molecule has 1 spiro atoms. The predicted molar refractivity (Wildman–Crippen MR) is 68.8 cm³/mol. The summed E-state index contributed by atoms with van der Waals surface area (Å²) in [5.74, 6) is -1.30. The standard InChI is InChI=1S/C14H16F2N2O2/c1-8-7-9(15)10-11(19)17-14(18(10)12(8)20)5-3-13(2,16)4-6-14/h7H,3-6H2,1-2H3,(H,17,19). The number of alkyl halides is 1. The molecule has 1 aliphatic carbocycles. The molecule has 2 heterocycles. The quantitative estimate of drug-likeness (QED) is 0.791. The maximum Gasteiger partial charge on any atom is 0.272 e. The molecule has 1 amide bonds. The van der Waals surface area contributed by atoms with E-state index >= 15 is 0 Å². The van der Waals surface area contributed by atoms with E-state index in [2.05, 4.69) is 5.32 Å². The number of rotatable bonds is 0. The summed E-state index contributed by atoms with van der Waals surface area (Å²) in [6.45, 7) is 3.02. The number of pyridine rings is 1. The Morgan fingerprint density at radius 2 is 1.85 bits per heavy atom. The lowest BCUT2D eigenvalue weighted by Crippen LogP contribution is -2.51. The molecule has 1 N–H and O–H groups in total. The van der Waals surface area contributed by atoms with Crippen molar-refractivity contribution in [1.29, 1.82) is 0 Å². The van der Waals surface area contributed by atoms with Crippen LogP contribution < -0.4 is 10.9 Å². The number of hydrogen-bond donors (Lipinski definition) is 1. The van der Waals surface area contributed by atoms with Crippen molar-refractivity contribution in [3.05, 3.63) is 33.5 Å². The highest BCUT2D eigenvalue weighted by atomic mass is 19.1. The number of nitrogens with zero attached hydrogens (tertiary/aromatic N) is 1. The van der Waals surface area contributed by atoms with Crippen molar-refractivity contribution >= 4 is 5.91 Å². The van der Waals surface area contributed by atoms with E-state index in [0.717, 1.165) is 6.07 Å². The van der Waals surface area contributed by atoms with Crippen LogP contribution in [0.2, 0.25) is 0 Å². The lowest BCUT2D eigenvalue weighted by molar-refractivity contribution is 0.0441. The van der Waals surface area contributed by atoms with Gasteiger partial charge in [0.05, 0.1) is 0 Å². The SMILES string of the molecule is Cc1cc(F)c2n(c1=O)C1(CCC(C)(F)CC1)NC2=O. The fraction of sp³-hybridized carbons (Fsp3) is 0.571. The first kappa shape index (κ1) is 13.3. The Morgan fingerprint density at radius 3 is 2.45 bits per heavy atom. The first-order chi connectivity index (χ1) is 9.26. The molecule has 4 nitrogen and oxygen atoms in total. The van der Waals surface area contributed by atoms with Gasteiger partial charge in [0.1, 0.15) is 17.0 Å². The average molecular weight is 282 g/mol. The highest BCUT2D eigenvalue weighted by molar-refractivity contribution is 5.95. The van der Waals surface area contributed by atoms with Crippen molar-refractivity contribution in [2.45, 2.75) is 50.9 Å². The Hall–Kier alpha value is -1.72.